The number of para-hydroxylation sites is 1. The topological polar surface area (TPSA) is 18.1 Å². The summed E-state index contributed by atoms with van der Waals surface area (Å²) in [5.74, 6) is 0. The normalized spacial score (nSPS) is 17.2. The molecule has 4 aromatic carbocycles. The van der Waals surface area contributed by atoms with Gasteiger partial charge in [-0.05, 0) is 82.8 Å². The molecule has 0 aliphatic heterocycles. The van der Waals surface area contributed by atoms with Crippen LogP contribution in [0.25, 0.3) is 49.4 Å². The van der Waals surface area contributed by atoms with Crippen molar-refractivity contribution in [1.82, 2.24) is 4.57 Å². The SMILES string of the molecule is Bc1c(B)c(C(C)(C)C)c(B)c(B)c1-n1c2c(Br)c3c(cc2c2cc4c(oc5ccccc54)c(Br)c21)C(C)(C)C(C)(C)C3(C)C. The highest BCUT2D eigenvalue weighted by molar-refractivity contribution is 9.11. The van der Waals surface area contributed by atoms with Gasteiger partial charge in [0, 0.05) is 31.7 Å². The van der Waals surface area contributed by atoms with Crippen LogP contribution in [0.3, 0.4) is 0 Å². The smallest absolute Gasteiger partial charge is 0.151 e. The van der Waals surface area contributed by atoms with Gasteiger partial charge in [0.05, 0.1) is 15.5 Å². The van der Waals surface area contributed by atoms with E-state index < -0.39 is 0 Å². The number of hydrogen-bond donors (Lipinski definition) is 0. The first-order valence-corrected chi connectivity index (χ1v) is 17.8. The summed E-state index contributed by atoms with van der Waals surface area (Å²) in [5, 5.41) is 4.81. The summed E-state index contributed by atoms with van der Waals surface area (Å²) < 4.78 is 11.3. The lowest BCUT2D eigenvalue weighted by Crippen LogP contribution is -2.50. The molecule has 0 saturated carbocycles. The minimum absolute atomic E-state index is 0.0198. The van der Waals surface area contributed by atoms with Gasteiger partial charge in [-0.1, -0.05) is 108 Å². The maximum atomic E-state index is 6.58. The molecule has 45 heavy (non-hydrogen) atoms. The Hall–Kier alpha value is -2.30. The van der Waals surface area contributed by atoms with Crippen molar-refractivity contribution < 1.29 is 4.42 Å². The Bertz CT molecular complexity index is 2270. The second-order valence-electron chi connectivity index (χ2n) is 16.3. The van der Waals surface area contributed by atoms with E-state index in [1.807, 2.05) is 0 Å². The fraction of sp³-hybridized carbons (Fsp3) is 0.351. The second kappa shape index (κ2) is 9.40. The van der Waals surface area contributed by atoms with Crippen LogP contribution in [0.15, 0.2) is 49.8 Å². The van der Waals surface area contributed by atoms with Crippen LogP contribution in [-0.2, 0) is 16.2 Å². The lowest BCUT2D eigenvalue weighted by Gasteiger charge is -2.44. The lowest BCUT2D eigenvalue weighted by atomic mass is 9.59. The van der Waals surface area contributed by atoms with Gasteiger partial charge in [-0.3, -0.25) is 0 Å². The Morgan fingerprint density at radius 1 is 0.689 bits per heavy atom. The molecule has 8 heteroatoms. The number of hydrogen-bond acceptors (Lipinski definition) is 1. The summed E-state index contributed by atoms with van der Waals surface area (Å²) in [7, 11) is 9.25. The van der Waals surface area contributed by atoms with Crippen molar-refractivity contribution in [2.24, 2.45) is 5.41 Å². The van der Waals surface area contributed by atoms with Gasteiger partial charge in [-0.15, -0.1) is 0 Å². The van der Waals surface area contributed by atoms with Crippen molar-refractivity contribution >= 4 is 129 Å². The average Bonchev–Trinajstić information content (AvgIpc) is 3.51. The van der Waals surface area contributed by atoms with E-state index in [-0.39, 0.29) is 21.7 Å². The average molecular weight is 719 g/mol. The zero-order chi connectivity index (χ0) is 32.9. The summed E-state index contributed by atoms with van der Waals surface area (Å²) in [6, 6.07) is 13.3. The van der Waals surface area contributed by atoms with Gasteiger partial charge in [0.2, 0.25) is 0 Å². The number of aromatic nitrogens is 1. The van der Waals surface area contributed by atoms with E-state index in [9.17, 15) is 0 Å². The fourth-order valence-electron chi connectivity index (χ4n) is 8.92. The van der Waals surface area contributed by atoms with Crippen LogP contribution in [-0.4, -0.2) is 36.0 Å². The number of fused-ring (bicyclic) bond motifs is 7. The number of halogens is 2. The Kier molecular flexibility index (Phi) is 6.54. The van der Waals surface area contributed by atoms with E-state index in [1.54, 1.807) is 0 Å². The zero-order valence-corrected chi connectivity index (χ0v) is 32.2. The molecule has 0 fully saturated rings. The molecule has 0 radical (unpaired) electrons. The van der Waals surface area contributed by atoms with E-state index in [0.29, 0.717) is 0 Å². The van der Waals surface area contributed by atoms with E-state index in [2.05, 4.69) is 167 Å². The van der Waals surface area contributed by atoms with Crippen LogP contribution in [0.2, 0.25) is 0 Å². The molecule has 2 nitrogen and oxygen atoms in total. The summed E-state index contributed by atoms with van der Waals surface area (Å²) in [5.41, 5.74) is 15.2. The number of furan rings is 1. The number of rotatable bonds is 1. The van der Waals surface area contributed by atoms with Gasteiger partial charge in [-0.25, -0.2) is 0 Å². The predicted octanol–water partition coefficient (Wildman–Crippen LogP) is 5.13. The van der Waals surface area contributed by atoms with Crippen molar-refractivity contribution in [1.29, 1.82) is 0 Å². The molecule has 1 aliphatic rings. The number of benzene rings is 4. The van der Waals surface area contributed by atoms with Gasteiger partial charge < -0.3 is 8.98 Å². The predicted molar refractivity (Wildman–Crippen MR) is 215 cm³/mol. The second-order valence-corrected chi connectivity index (χ2v) is 17.8. The molecule has 7 rings (SSSR count). The van der Waals surface area contributed by atoms with Gasteiger partial charge in [0.15, 0.2) is 5.58 Å². The molecule has 6 aromatic rings. The van der Waals surface area contributed by atoms with Crippen LogP contribution in [0.5, 0.6) is 0 Å². The fourth-order valence-corrected chi connectivity index (χ4v) is 10.7. The summed E-state index contributed by atoms with van der Waals surface area (Å²) >= 11 is 8.47. The molecule has 226 valence electrons. The molecule has 2 heterocycles. The van der Waals surface area contributed by atoms with Crippen molar-refractivity contribution in [3.63, 3.8) is 0 Å². The molecule has 2 aromatic heterocycles. The highest BCUT2D eigenvalue weighted by Crippen LogP contribution is 2.64. The summed E-state index contributed by atoms with van der Waals surface area (Å²) in [6.45, 7) is 21.6. The molecule has 1 aliphatic carbocycles. The van der Waals surface area contributed by atoms with Gasteiger partial charge in [0.25, 0.3) is 0 Å². The van der Waals surface area contributed by atoms with Crippen molar-refractivity contribution in [3.05, 3.63) is 62.0 Å². The Labute approximate surface area is 288 Å². The minimum Gasteiger partial charge on any atom is -0.455 e. The van der Waals surface area contributed by atoms with Crippen LogP contribution in [0, 0.1) is 5.41 Å². The Morgan fingerprint density at radius 2 is 1.24 bits per heavy atom. The monoisotopic (exact) mass is 717 g/mol. The molecular formula is C37H41B4Br2NO. The first-order valence-electron chi connectivity index (χ1n) is 16.2. The molecule has 0 spiro atoms. The number of nitrogens with zero attached hydrogens (tertiary/aromatic N) is 1. The van der Waals surface area contributed by atoms with Crippen LogP contribution < -0.4 is 21.9 Å². The van der Waals surface area contributed by atoms with Crippen molar-refractivity contribution in [3.8, 4) is 5.69 Å². The van der Waals surface area contributed by atoms with Gasteiger partial charge >= 0.3 is 0 Å². The molecule has 0 atom stereocenters. The molecular weight excluding hydrogens is 677 g/mol. The van der Waals surface area contributed by atoms with E-state index in [1.165, 1.54) is 65.0 Å². The lowest BCUT2D eigenvalue weighted by molar-refractivity contribution is 0.125. The Balaban J connectivity index is 1.78. The van der Waals surface area contributed by atoms with Crippen LogP contribution in [0.1, 0.15) is 79.0 Å². The Morgan fingerprint density at radius 3 is 1.84 bits per heavy atom. The standard InChI is InChI=1S/C37H41B4Br2NO/c1-34(2,3)23-24(38)26(40)32(27(41)25(23)39)44-30-18(15-20-22(28(30)42)36(6,7)37(8,9)35(20,4)5)17-14-19-16-12-10-11-13-21(16)45-33(19)29(43)31(17)44/h10-15H,38-41H2,1-9H3. The molecule has 0 N–H and O–H groups in total. The zero-order valence-electron chi connectivity index (χ0n) is 29.1. The molecule has 0 unspecified atom stereocenters. The first kappa shape index (κ1) is 31.3. The summed E-state index contributed by atoms with van der Waals surface area (Å²) in [4.78, 5) is 0. The maximum Gasteiger partial charge on any atom is 0.151 e. The third kappa shape index (κ3) is 3.73. The maximum absolute atomic E-state index is 6.58. The van der Waals surface area contributed by atoms with Crippen molar-refractivity contribution in [2.45, 2.75) is 78.6 Å². The van der Waals surface area contributed by atoms with Crippen LogP contribution >= 0.6 is 31.9 Å². The first-order chi connectivity index (χ1) is 20.8. The highest BCUT2D eigenvalue weighted by atomic mass is 79.9. The quantitative estimate of drug-likeness (QED) is 0.216. The third-order valence-corrected chi connectivity index (χ3v) is 14.1. The minimum atomic E-state index is -0.0484. The highest BCUT2D eigenvalue weighted by Gasteiger charge is 2.58. The third-order valence-electron chi connectivity index (χ3n) is 12.5. The van der Waals surface area contributed by atoms with E-state index in [0.717, 1.165) is 31.9 Å². The van der Waals surface area contributed by atoms with Crippen LogP contribution in [0.4, 0.5) is 0 Å². The summed E-state index contributed by atoms with van der Waals surface area (Å²) in [6.07, 6.45) is 0. The molecule has 0 amide bonds. The van der Waals surface area contributed by atoms with E-state index in [4.69, 9.17) is 4.42 Å². The van der Waals surface area contributed by atoms with E-state index >= 15 is 0 Å². The largest absolute Gasteiger partial charge is 0.455 e. The van der Waals surface area contributed by atoms with Crippen molar-refractivity contribution in [2.75, 3.05) is 0 Å². The van der Waals surface area contributed by atoms with Gasteiger partial charge in [0.1, 0.15) is 37.0 Å². The van der Waals surface area contributed by atoms with Gasteiger partial charge in [-0.2, -0.15) is 0 Å². The molecule has 0 saturated heterocycles. The molecule has 0 bridgehead atoms.